The van der Waals surface area contributed by atoms with E-state index in [9.17, 15) is 18.7 Å². The largest absolute Gasteiger partial charge is 0.493 e. The molecule has 0 saturated heterocycles. The van der Waals surface area contributed by atoms with Crippen LogP contribution in [-0.2, 0) is 5.54 Å². The molecule has 0 radical (unpaired) electrons. The van der Waals surface area contributed by atoms with Crippen LogP contribution in [0.15, 0.2) is 48.5 Å². The average Bonchev–Trinajstić information content (AvgIpc) is 2.62. The third-order valence-corrected chi connectivity index (χ3v) is 4.21. The smallest absolute Gasteiger partial charge is 0.320 e. The molecule has 25 heavy (non-hydrogen) atoms. The van der Waals surface area contributed by atoms with Crippen molar-refractivity contribution < 1.29 is 23.4 Å². The molecule has 0 fully saturated rings. The van der Waals surface area contributed by atoms with E-state index in [1.807, 2.05) is 6.07 Å². The van der Waals surface area contributed by atoms with Crippen LogP contribution in [-0.4, -0.2) is 24.4 Å². The van der Waals surface area contributed by atoms with E-state index in [4.69, 9.17) is 4.74 Å². The van der Waals surface area contributed by atoms with Gasteiger partial charge in [-0.1, -0.05) is 30.3 Å². The van der Waals surface area contributed by atoms with Crippen LogP contribution in [0.1, 0.15) is 24.0 Å². The van der Waals surface area contributed by atoms with Crippen molar-refractivity contribution in [2.75, 3.05) is 18.5 Å². The van der Waals surface area contributed by atoms with Crippen molar-refractivity contribution in [1.29, 1.82) is 0 Å². The molecule has 0 aromatic heterocycles. The number of anilines is 1. The lowest BCUT2D eigenvalue weighted by molar-refractivity contribution is 0.115. The molecule has 2 amide bonds. The van der Waals surface area contributed by atoms with Crippen LogP contribution in [0.3, 0.4) is 0 Å². The van der Waals surface area contributed by atoms with Gasteiger partial charge in [0.25, 0.3) is 6.43 Å². The van der Waals surface area contributed by atoms with Gasteiger partial charge in [0, 0.05) is 23.2 Å². The summed E-state index contributed by atoms with van der Waals surface area (Å²) in [6.45, 7) is 0.0383. The van der Waals surface area contributed by atoms with Gasteiger partial charge in [-0.25, -0.2) is 13.6 Å². The van der Waals surface area contributed by atoms with E-state index >= 15 is 0 Å². The van der Waals surface area contributed by atoms with Gasteiger partial charge in [-0.3, -0.25) is 0 Å². The van der Waals surface area contributed by atoms with Gasteiger partial charge in [0.15, 0.2) is 0 Å². The Hall–Kier alpha value is -2.67. The topological polar surface area (TPSA) is 70.6 Å². The second-order valence-electron chi connectivity index (χ2n) is 5.84. The van der Waals surface area contributed by atoms with E-state index in [1.54, 1.807) is 18.2 Å². The van der Waals surface area contributed by atoms with Crippen molar-refractivity contribution in [2.45, 2.75) is 18.4 Å². The van der Waals surface area contributed by atoms with Crippen LogP contribution >= 0.6 is 0 Å². The number of aliphatic hydroxyl groups excluding tert-OH is 1. The molecule has 1 atom stereocenters. The molecular formula is C18H18F2N2O3. The number of nitrogens with one attached hydrogen (secondary N) is 2. The third-order valence-electron chi connectivity index (χ3n) is 4.21. The number of ether oxygens (including phenoxy) is 1. The Morgan fingerprint density at radius 3 is 2.80 bits per heavy atom. The fraction of sp³-hybridized carbons (Fsp3) is 0.278. The minimum atomic E-state index is -2.61. The summed E-state index contributed by atoms with van der Waals surface area (Å²) in [4.78, 5) is 12.4. The number of benzene rings is 2. The van der Waals surface area contributed by atoms with E-state index < -0.39 is 18.0 Å². The lowest BCUT2D eigenvalue weighted by Gasteiger charge is -2.38. The highest BCUT2D eigenvalue weighted by Crippen LogP contribution is 2.36. The molecule has 1 aliphatic rings. The van der Waals surface area contributed by atoms with Gasteiger partial charge >= 0.3 is 6.03 Å². The molecule has 0 unspecified atom stereocenters. The number of fused-ring (bicyclic) bond motifs is 1. The van der Waals surface area contributed by atoms with Gasteiger partial charge in [0.05, 0.1) is 18.8 Å². The second kappa shape index (κ2) is 7.06. The molecule has 1 heterocycles. The zero-order valence-electron chi connectivity index (χ0n) is 13.3. The molecule has 132 valence electrons. The molecule has 0 saturated carbocycles. The Morgan fingerprint density at radius 2 is 2.04 bits per heavy atom. The Labute approximate surface area is 143 Å². The summed E-state index contributed by atoms with van der Waals surface area (Å²) in [5, 5.41) is 15.2. The highest BCUT2D eigenvalue weighted by Gasteiger charge is 2.38. The monoisotopic (exact) mass is 348 g/mol. The van der Waals surface area contributed by atoms with E-state index in [1.165, 1.54) is 24.3 Å². The first kappa shape index (κ1) is 17.2. The Morgan fingerprint density at radius 1 is 1.24 bits per heavy atom. The van der Waals surface area contributed by atoms with Crippen LogP contribution in [0, 0.1) is 0 Å². The highest BCUT2D eigenvalue weighted by atomic mass is 19.3. The van der Waals surface area contributed by atoms with E-state index in [2.05, 4.69) is 10.6 Å². The summed E-state index contributed by atoms with van der Waals surface area (Å²) in [5.41, 5.74) is -0.228. The Bertz CT molecular complexity index is 769. The number of hydrogen-bond donors (Lipinski definition) is 3. The molecule has 0 bridgehead atoms. The minimum Gasteiger partial charge on any atom is -0.493 e. The van der Waals surface area contributed by atoms with Gasteiger partial charge in [0.2, 0.25) is 0 Å². The number of para-hydroxylation sites is 1. The number of alkyl halides is 2. The number of rotatable bonds is 4. The number of hydrogen-bond acceptors (Lipinski definition) is 3. The molecule has 0 aliphatic carbocycles. The van der Waals surface area contributed by atoms with E-state index in [0.29, 0.717) is 24.3 Å². The molecule has 3 N–H and O–H groups in total. The summed E-state index contributed by atoms with van der Waals surface area (Å²) in [6.07, 6.45) is -2.22. The molecule has 5 nitrogen and oxygen atoms in total. The maximum atomic E-state index is 12.8. The van der Waals surface area contributed by atoms with Crippen molar-refractivity contribution in [1.82, 2.24) is 5.32 Å². The fourth-order valence-electron chi connectivity index (χ4n) is 2.92. The summed E-state index contributed by atoms with van der Waals surface area (Å²) >= 11 is 0. The summed E-state index contributed by atoms with van der Waals surface area (Å²) in [5.74, 6) is 0.600. The predicted molar refractivity (Wildman–Crippen MR) is 88.9 cm³/mol. The maximum Gasteiger partial charge on any atom is 0.320 e. The summed E-state index contributed by atoms with van der Waals surface area (Å²) < 4.78 is 31.1. The number of halogens is 2. The van der Waals surface area contributed by atoms with Crippen LogP contribution in [0.5, 0.6) is 5.75 Å². The van der Waals surface area contributed by atoms with Crippen molar-refractivity contribution >= 4 is 11.7 Å². The zero-order chi connectivity index (χ0) is 17.9. The quantitative estimate of drug-likeness (QED) is 0.793. The number of amides is 2. The van der Waals surface area contributed by atoms with Crippen LogP contribution in [0.4, 0.5) is 19.3 Å². The predicted octanol–water partition coefficient (Wildman–Crippen LogP) is 3.42. The summed E-state index contributed by atoms with van der Waals surface area (Å²) in [6, 6.07) is 12.0. The molecule has 7 heteroatoms. The molecule has 2 aromatic rings. The third kappa shape index (κ3) is 3.56. The first-order valence-electron chi connectivity index (χ1n) is 7.84. The first-order chi connectivity index (χ1) is 12.0. The number of carbonyl (C=O) groups excluding carboxylic acids is 1. The zero-order valence-corrected chi connectivity index (χ0v) is 13.3. The van der Waals surface area contributed by atoms with Crippen molar-refractivity contribution in [3.63, 3.8) is 0 Å². The number of carbonyl (C=O) groups is 1. The van der Waals surface area contributed by atoms with Crippen molar-refractivity contribution in [3.8, 4) is 5.75 Å². The molecule has 0 spiro atoms. The van der Waals surface area contributed by atoms with Crippen molar-refractivity contribution in [2.24, 2.45) is 0 Å². The average molecular weight is 348 g/mol. The SMILES string of the molecule is O=C(Nc1cccc(C(F)F)c1)N[C@@]1(CO)CCOc2ccccc21. The highest BCUT2D eigenvalue weighted by molar-refractivity contribution is 5.90. The van der Waals surface area contributed by atoms with Gasteiger partial charge in [-0.2, -0.15) is 0 Å². The van der Waals surface area contributed by atoms with Gasteiger partial charge in [0.1, 0.15) is 5.75 Å². The van der Waals surface area contributed by atoms with E-state index in [0.717, 1.165) is 0 Å². The maximum absolute atomic E-state index is 12.8. The normalized spacial score (nSPS) is 19.0. The van der Waals surface area contributed by atoms with Gasteiger partial charge in [-0.05, 0) is 18.2 Å². The summed E-state index contributed by atoms with van der Waals surface area (Å²) in [7, 11) is 0. The standard InChI is InChI=1S/C18H18F2N2O3/c19-16(20)12-4-3-5-13(10-12)21-17(24)22-18(11-23)8-9-25-15-7-2-1-6-14(15)18/h1-7,10,16,23H,8-9,11H2,(H2,21,22,24)/t18-/m1/s1. The lowest BCUT2D eigenvalue weighted by Crippen LogP contribution is -2.52. The lowest BCUT2D eigenvalue weighted by atomic mass is 9.85. The number of urea groups is 1. The first-order valence-corrected chi connectivity index (χ1v) is 7.84. The Balaban J connectivity index is 1.79. The van der Waals surface area contributed by atoms with Gasteiger partial charge in [-0.15, -0.1) is 0 Å². The molecular weight excluding hydrogens is 330 g/mol. The van der Waals surface area contributed by atoms with Crippen LogP contribution in [0.2, 0.25) is 0 Å². The van der Waals surface area contributed by atoms with Gasteiger partial charge < -0.3 is 20.5 Å². The molecule has 1 aliphatic heterocycles. The second-order valence-corrected chi connectivity index (χ2v) is 5.84. The fourth-order valence-corrected chi connectivity index (χ4v) is 2.92. The minimum absolute atomic E-state index is 0.175. The van der Waals surface area contributed by atoms with E-state index in [-0.39, 0.29) is 17.9 Å². The van der Waals surface area contributed by atoms with Crippen LogP contribution < -0.4 is 15.4 Å². The van der Waals surface area contributed by atoms with Crippen LogP contribution in [0.25, 0.3) is 0 Å². The molecule has 3 rings (SSSR count). The van der Waals surface area contributed by atoms with Crippen molar-refractivity contribution in [3.05, 3.63) is 59.7 Å². The number of aliphatic hydroxyl groups is 1. The molecule has 2 aromatic carbocycles. The Kier molecular flexibility index (Phi) is 4.85.